The van der Waals surface area contributed by atoms with Crippen LogP contribution in [-0.2, 0) is 12.8 Å². The Hall–Kier alpha value is -3.22. The zero-order valence-electron chi connectivity index (χ0n) is 17.0. The number of H-pyrrole nitrogens is 1. The van der Waals surface area contributed by atoms with Gasteiger partial charge in [0.05, 0.1) is 0 Å². The van der Waals surface area contributed by atoms with Crippen LogP contribution < -0.4 is 14.9 Å². The lowest BCUT2D eigenvalue weighted by Crippen LogP contribution is -2.22. The molecule has 0 spiro atoms. The lowest BCUT2D eigenvalue weighted by molar-refractivity contribution is -0.274. The van der Waals surface area contributed by atoms with E-state index >= 15 is 0 Å². The third-order valence-corrected chi connectivity index (χ3v) is 5.35. The maximum Gasteiger partial charge on any atom is 0.573 e. The Morgan fingerprint density at radius 2 is 1.68 bits per heavy atom. The molecule has 2 aromatic rings. The van der Waals surface area contributed by atoms with Crippen LogP contribution in [0.25, 0.3) is 5.57 Å². The number of aromatic nitrogens is 1. The molecule has 31 heavy (non-hydrogen) atoms. The van der Waals surface area contributed by atoms with Crippen LogP contribution in [0.4, 0.5) is 13.2 Å². The highest BCUT2D eigenvalue weighted by atomic mass is 19.4. The lowest BCUT2D eigenvalue weighted by atomic mass is 9.91. The van der Waals surface area contributed by atoms with E-state index in [1.807, 2.05) is 25.2 Å². The van der Waals surface area contributed by atoms with Crippen molar-refractivity contribution in [1.82, 2.24) is 4.98 Å². The number of benzene rings is 1. The Morgan fingerprint density at radius 1 is 0.968 bits per heavy atom. The minimum Gasteiger partial charge on any atom is -0.458 e. The normalized spacial score (nSPS) is 16.1. The minimum absolute atomic E-state index is 0.0893. The van der Waals surface area contributed by atoms with Gasteiger partial charge in [-0.15, -0.1) is 13.2 Å². The van der Waals surface area contributed by atoms with Crippen molar-refractivity contribution in [2.24, 2.45) is 0 Å². The van der Waals surface area contributed by atoms with Crippen molar-refractivity contribution in [3.05, 3.63) is 87.1 Å². The number of aryl methyl sites for hydroxylation is 2. The summed E-state index contributed by atoms with van der Waals surface area (Å²) in [6.07, 6.45) is 7.09. The van der Waals surface area contributed by atoms with Gasteiger partial charge in [0.1, 0.15) is 17.3 Å². The van der Waals surface area contributed by atoms with E-state index in [2.05, 4.69) is 9.72 Å². The van der Waals surface area contributed by atoms with Crippen molar-refractivity contribution in [1.29, 1.82) is 0 Å². The maximum absolute atomic E-state index is 13.1. The van der Waals surface area contributed by atoms with Crippen LogP contribution in [0.5, 0.6) is 11.5 Å². The molecule has 0 radical (unpaired) electrons. The second kappa shape index (κ2) is 8.49. The van der Waals surface area contributed by atoms with Gasteiger partial charge in [0, 0.05) is 22.5 Å². The Balaban J connectivity index is 1.51. The summed E-state index contributed by atoms with van der Waals surface area (Å²) in [5.74, 6) is 0.621. The van der Waals surface area contributed by atoms with E-state index in [9.17, 15) is 18.0 Å². The molecule has 7 heteroatoms. The summed E-state index contributed by atoms with van der Waals surface area (Å²) in [4.78, 5) is 16.5. The van der Waals surface area contributed by atoms with Gasteiger partial charge >= 0.3 is 6.36 Å². The minimum atomic E-state index is -4.73. The molecule has 1 N–H and O–H groups in total. The molecule has 4 nitrogen and oxygen atoms in total. The number of nitrogens with one attached hydrogen (secondary N) is 1. The van der Waals surface area contributed by atoms with Crippen LogP contribution in [0.2, 0.25) is 0 Å². The molecule has 0 bridgehead atoms. The topological polar surface area (TPSA) is 51.3 Å². The van der Waals surface area contributed by atoms with Crippen molar-refractivity contribution in [2.45, 2.75) is 45.4 Å². The fraction of sp³-hybridized carbons (Fsp3) is 0.292. The van der Waals surface area contributed by atoms with Gasteiger partial charge in [0.2, 0.25) is 0 Å². The summed E-state index contributed by atoms with van der Waals surface area (Å²) in [6.45, 7) is 1.92. The molecule has 2 aliphatic carbocycles. The first-order valence-electron chi connectivity index (χ1n) is 10.2. The molecule has 2 aliphatic rings. The van der Waals surface area contributed by atoms with E-state index in [4.69, 9.17) is 4.74 Å². The average Bonchev–Trinajstić information content (AvgIpc) is 2.94. The first-order valence-corrected chi connectivity index (χ1v) is 10.2. The summed E-state index contributed by atoms with van der Waals surface area (Å²) in [6, 6.07) is 5.22. The Labute approximate surface area is 177 Å². The number of fused-ring (bicyclic) bond motifs is 1. The number of rotatable bonds is 4. The fourth-order valence-electron chi connectivity index (χ4n) is 3.97. The van der Waals surface area contributed by atoms with E-state index in [1.54, 1.807) is 6.08 Å². The SMILES string of the molecule is Cc1[nH]c2c(c(=O)c1C1=CCC=C(Oc3ccc(OC(F)(F)F)cc3)C=C1)CCCC2. The van der Waals surface area contributed by atoms with Crippen LogP contribution in [0, 0.1) is 6.92 Å². The number of hydrogen-bond donors (Lipinski definition) is 1. The molecule has 0 unspecified atom stereocenters. The number of hydrogen-bond acceptors (Lipinski definition) is 3. The first kappa shape index (κ1) is 21.0. The highest BCUT2D eigenvalue weighted by Gasteiger charge is 2.31. The number of alkyl halides is 3. The Bertz CT molecular complexity index is 1120. The van der Waals surface area contributed by atoms with Crippen molar-refractivity contribution >= 4 is 5.57 Å². The highest BCUT2D eigenvalue weighted by Crippen LogP contribution is 2.28. The van der Waals surface area contributed by atoms with Gasteiger partial charge in [-0.25, -0.2) is 0 Å². The summed E-state index contributed by atoms with van der Waals surface area (Å²) in [5, 5.41) is 0. The van der Waals surface area contributed by atoms with Crippen molar-refractivity contribution in [3.63, 3.8) is 0 Å². The zero-order valence-corrected chi connectivity index (χ0v) is 17.0. The van der Waals surface area contributed by atoms with Gasteiger partial charge < -0.3 is 14.5 Å². The molecular formula is C24H22F3NO3. The van der Waals surface area contributed by atoms with Gasteiger partial charge in [0.15, 0.2) is 5.43 Å². The number of pyridine rings is 1. The number of allylic oxidation sites excluding steroid dienone is 5. The van der Waals surface area contributed by atoms with E-state index < -0.39 is 6.36 Å². The van der Waals surface area contributed by atoms with E-state index in [-0.39, 0.29) is 11.2 Å². The molecule has 0 atom stereocenters. The quantitative estimate of drug-likeness (QED) is 0.672. The standard InChI is InChI=1S/C24H22F3NO3/c1-15-22(23(29)20-7-2-3-8-21(20)28-15)16-5-4-6-17(10-9-16)30-18-11-13-19(14-12-18)31-24(25,26)27/h5-6,9-14H,2-4,7-8H2,1H3,(H,28,29). The van der Waals surface area contributed by atoms with Crippen molar-refractivity contribution in [2.75, 3.05) is 0 Å². The van der Waals surface area contributed by atoms with Crippen LogP contribution in [0.15, 0.2) is 59.1 Å². The molecule has 0 aliphatic heterocycles. The summed E-state index contributed by atoms with van der Waals surface area (Å²) >= 11 is 0. The van der Waals surface area contributed by atoms with Crippen LogP contribution in [0.1, 0.15) is 41.8 Å². The van der Waals surface area contributed by atoms with Crippen LogP contribution >= 0.6 is 0 Å². The molecule has 0 amide bonds. The first-order chi connectivity index (χ1) is 14.8. The van der Waals surface area contributed by atoms with Gasteiger partial charge in [-0.2, -0.15) is 0 Å². The predicted octanol–water partition coefficient (Wildman–Crippen LogP) is 5.77. The third-order valence-electron chi connectivity index (χ3n) is 5.35. The number of ether oxygens (including phenoxy) is 2. The number of halogens is 3. The molecule has 0 fully saturated rings. The largest absolute Gasteiger partial charge is 0.573 e. The Kier molecular flexibility index (Phi) is 5.76. The maximum atomic E-state index is 13.1. The van der Waals surface area contributed by atoms with Gasteiger partial charge in [-0.1, -0.05) is 12.2 Å². The molecule has 1 aromatic carbocycles. The average molecular weight is 429 g/mol. The zero-order chi connectivity index (χ0) is 22.0. The molecule has 1 aromatic heterocycles. The molecule has 4 rings (SSSR count). The van der Waals surface area contributed by atoms with Gasteiger partial charge in [-0.3, -0.25) is 4.79 Å². The fourth-order valence-corrected chi connectivity index (χ4v) is 3.97. The Morgan fingerprint density at radius 3 is 2.42 bits per heavy atom. The van der Waals surface area contributed by atoms with E-state index in [1.165, 1.54) is 24.3 Å². The van der Waals surface area contributed by atoms with Gasteiger partial charge in [-0.05, 0) is 81.0 Å². The van der Waals surface area contributed by atoms with Gasteiger partial charge in [0.25, 0.3) is 0 Å². The van der Waals surface area contributed by atoms with E-state index in [0.717, 1.165) is 48.2 Å². The monoisotopic (exact) mass is 429 g/mol. The predicted molar refractivity (Wildman–Crippen MR) is 112 cm³/mol. The second-order valence-corrected chi connectivity index (χ2v) is 7.57. The van der Waals surface area contributed by atoms with Crippen LogP contribution in [-0.4, -0.2) is 11.3 Å². The summed E-state index contributed by atoms with van der Waals surface area (Å²) in [7, 11) is 0. The molecule has 0 saturated carbocycles. The van der Waals surface area contributed by atoms with Crippen molar-refractivity contribution < 1.29 is 22.6 Å². The molecule has 0 saturated heterocycles. The second-order valence-electron chi connectivity index (χ2n) is 7.57. The summed E-state index contributed by atoms with van der Waals surface area (Å²) in [5.41, 5.74) is 4.39. The highest BCUT2D eigenvalue weighted by molar-refractivity contribution is 5.77. The lowest BCUT2D eigenvalue weighted by Gasteiger charge is -2.18. The molecule has 162 valence electrons. The molecule has 1 heterocycles. The smallest absolute Gasteiger partial charge is 0.458 e. The summed E-state index contributed by atoms with van der Waals surface area (Å²) < 4.78 is 46.5. The number of aromatic amines is 1. The third kappa shape index (κ3) is 4.93. The van der Waals surface area contributed by atoms with Crippen LogP contribution in [0.3, 0.4) is 0 Å². The van der Waals surface area contributed by atoms with E-state index in [0.29, 0.717) is 23.5 Å². The molecular weight excluding hydrogens is 407 g/mol. The van der Waals surface area contributed by atoms with Crippen molar-refractivity contribution in [3.8, 4) is 11.5 Å².